The van der Waals surface area contributed by atoms with Crippen molar-refractivity contribution in [3.05, 3.63) is 5.92 Å². The van der Waals surface area contributed by atoms with Gasteiger partial charge in [0.05, 0.1) is 0 Å². The molecule has 0 amide bonds. The summed E-state index contributed by atoms with van der Waals surface area (Å²) in [5.74, 6) is 3.12. The number of hydrogen-bond donors (Lipinski definition) is 0. The SMILES string of the molecule is C1C[C]2CC23CC3C1. The zero-order valence-corrected chi connectivity index (χ0v) is 5.11. The van der Waals surface area contributed by atoms with Gasteiger partial charge in [0.1, 0.15) is 0 Å². The molecule has 3 fully saturated rings. The lowest BCUT2D eigenvalue weighted by molar-refractivity contribution is 0.555. The minimum Gasteiger partial charge on any atom is -0.0525 e. The molecule has 3 rings (SSSR count). The van der Waals surface area contributed by atoms with Gasteiger partial charge in [-0.1, -0.05) is 6.42 Å². The maximum Gasteiger partial charge on any atom is -0.0170 e. The molecular formula is C8H11. The molecule has 0 heterocycles. The minimum atomic E-state index is 0.929. The second-order valence-electron chi connectivity index (χ2n) is 3.73. The minimum absolute atomic E-state index is 0.929. The summed E-state index contributed by atoms with van der Waals surface area (Å²) >= 11 is 0. The van der Waals surface area contributed by atoms with Crippen molar-refractivity contribution in [2.45, 2.75) is 32.1 Å². The topological polar surface area (TPSA) is 0 Å². The average Bonchev–Trinajstić information content (AvgIpc) is 2.45. The summed E-state index contributed by atoms with van der Waals surface area (Å²) in [5, 5.41) is 0. The van der Waals surface area contributed by atoms with Gasteiger partial charge in [0.25, 0.3) is 0 Å². The maximum absolute atomic E-state index is 1.94. The van der Waals surface area contributed by atoms with Gasteiger partial charge in [0, 0.05) is 0 Å². The molecule has 0 aliphatic heterocycles. The molecule has 8 heavy (non-hydrogen) atoms. The van der Waals surface area contributed by atoms with Crippen molar-refractivity contribution in [1.82, 2.24) is 0 Å². The molecule has 0 heteroatoms. The first-order valence-electron chi connectivity index (χ1n) is 3.77. The molecule has 0 aromatic carbocycles. The predicted octanol–water partition coefficient (Wildman–Crippen LogP) is 2.15. The smallest absolute Gasteiger partial charge is 0.0170 e. The monoisotopic (exact) mass is 107 g/mol. The molecule has 0 nitrogen and oxygen atoms in total. The van der Waals surface area contributed by atoms with Crippen LogP contribution in [0.2, 0.25) is 0 Å². The van der Waals surface area contributed by atoms with E-state index in [2.05, 4.69) is 0 Å². The zero-order chi connectivity index (χ0) is 5.19. The predicted molar refractivity (Wildman–Crippen MR) is 32.3 cm³/mol. The highest BCUT2D eigenvalue weighted by molar-refractivity contribution is 5.37. The molecule has 0 N–H and O–H groups in total. The van der Waals surface area contributed by atoms with E-state index in [1.807, 2.05) is 5.92 Å². The highest BCUT2D eigenvalue weighted by Gasteiger charge is 2.70. The highest BCUT2D eigenvalue weighted by Crippen LogP contribution is 2.80. The Morgan fingerprint density at radius 1 is 1.50 bits per heavy atom. The molecule has 0 saturated heterocycles. The van der Waals surface area contributed by atoms with Crippen LogP contribution in [0, 0.1) is 17.3 Å². The van der Waals surface area contributed by atoms with Crippen LogP contribution >= 0.6 is 0 Å². The Morgan fingerprint density at radius 3 is 3.25 bits per heavy atom. The lowest BCUT2D eigenvalue weighted by atomic mass is 10.0. The Kier molecular flexibility index (Phi) is 0.427. The van der Waals surface area contributed by atoms with Crippen molar-refractivity contribution in [1.29, 1.82) is 0 Å². The van der Waals surface area contributed by atoms with Gasteiger partial charge in [0.2, 0.25) is 0 Å². The fraction of sp³-hybridized carbons (Fsp3) is 0.875. The lowest BCUT2D eigenvalue weighted by Gasteiger charge is -2.04. The van der Waals surface area contributed by atoms with Gasteiger partial charge >= 0.3 is 0 Å². The van der Waals surface area contributed by atoms with Crippen molar-refractivity contribution < 1.29 is 0 Å². The van der Waals surface area contributed by atoms with E-state index in [9.17, 15) is 0 Å². The third-order valence-electron chi connectivity index (χ3n) is 3.37. The summed E-state index contributed by atoms with van der Waals surface area (Å²) in [7, 11) is 0. The highest BCUT2D eigenvalue weighted by atomic mass is 14.7. The summed E-state index contributed by atoms with van der Waals surface area (Å²) in [6.45, 7) is 0. The second kappa shape index (κ2) is 0.872. The second-order valence-corrected chi connectivity index (χ2v) is 3.73. The number of rotatable bonds is 0. The Balaban J connectivity index is 1.95. The zero-order valence-electron chi connectivity index (χ0n) is 5.11. The molecule has 3 aliphatic rings. The molecule has 3 aliphatic carbocycles. The van der Waals surface area contributed by atoms with Gasteiger partial charge in [-0.2, -0.15) is 0 Å². The third-order valence-corrected chi connectivity index (χ3v) is 3.37. The fourth-order valence-electron chi connectivity index (χ4n) is 2.64. The maximum atomic E-state index is 1.94. The van der Waals surface area contributed by atoms with E-state index in [0.717, 1.165) is 5.41 Å². The van der Waals surface area contributed by atoms with Crippen LogP contribution in [0.5, 0.6) is 0 Å². The van der Waals surface area contributed by atoms with Crippen LogP contribution in [-0.2, 0) is 0 Å². The number of hydrogen-bond acceptors (Lipinski definition) is 0. The lowest BCUT2D eigenvalue weighted by Crippen LogP contribution is -1.92. The summed E-state index contributed by atoms with van der Waals surface area (Å²) < 4.78 is 0. The van der Waals surface area contributed by atoms with Crippen molar-refractivity contribution in [2.75, 3.05) is 0 Å². The van der Waals surface area contributed by atoms with Gasteiger partial charge < -0.3 is 0 Å². The molecule has 3 saturated carbocycles. The first kappa shape index (κ1) is 3.92. The van der Waals surface area contributed by atoms with Gasteiger partial charge in [-0.15, -0.1) is 0 Å². The average molecular weight is 107 g/mol. The van der Waals surface area contributed by atoms with E-state index >= 15 is 0 Å². The van der Waals surface area contributed by atoms with E-state index in [1.165, 1.54) is 25.2 Å². The first-order valence-corrected chi connectivity index (χ1v) is 3.77. The van der Waals surface area contributed by atoms with Gasteiger partial charge in [-0.25, -0.2) is 0 Å². The molecular weight excluding hydrogens is 96.1 g/mol. The van der Waals surface area contributed by atoms with Crippen molar-refractivity contribution in [3.8, 4) is 0 Å². The van der Waals surface area contributed by atoms with Crippen molar-refractivity contribution in [2.24, 2.45) is 11.3 Å². The molecule has 1 spiro atoms. The van der Waals surface area contributed by atoms with E-state index in [4.69, 9.17) is 0 Å². The standard InChI is InChI=1S/C8H11/c1-2-6-4-8(6)5-7(8)3-1/h6H,1-5H2. The van der Waals surface area contributed by atoms with Crippen LogP contribution in [0.3, 0.4) is 0 Å². The first-order chi connectivity index (χ1) is 3.92. The van der Waals surface area contributed by atoms with E-state index in [1.54, 1.807) is 12.8 Å². The molecule has 0 aromatic rings. The molecule has 2 unspecified atom stereocenters. The molecule has 43 valence electrons. The van der Waals surface area contributed by atoms with E-state index < -0.39 is 0 Å². The van der Waals surface area contributed by atoms with Crippen LogP contribution < -0.4 is 0 Å². The molecule has 1 radical (unpaired) electrons. The molecule has 0 bridgehead atoms. The van der Waals surface area contributed by atoms with Gasteiger partial charge in [0.15, 0.2) is 0 Å². The summed E-state index contributed by atoms with van der Waals surface area (Å²) in [6.07, 6.45) is 7.70. The quantitative estimate of drug-likeness (QED) is 0.445. The van der Waals surface area contributed by atoms with Crippen LogP contribution in [0.15, 0.2) is 0 Å². The van der Waals surface area contributed by atoms with Crippen molar-refractivity contribution >= 4 is 0 Å². The Morgan fingerprint density at radius 2 is 2.50 bits per heavy atom. The van der Waals surface area contributed by atoms with Crippen LogP contribution in [0.4, 0.5) is 0 Å². The van der Waals surface area contributed by atoms with Crippen molar-refractivity contribution in [3.63, 3.8) is 0 Å². The Bertz CT molecular complexity index is 117. The van der Waals surface area contributed by atoms with Gasteiger partial charge in [-0.3, -0.25) is 0 Å². The summed E-state index contributed by atoms with van der Waals surface area (Å²) in [4.78, 5) is 0. The van der Waals surface area contributed by atoms with Crippen LogP contribution in [-0.4, -0.2) is 0 Å². The van der Waals surface area contributed by atoms with E-state index in [-0.39, 0.29) is 0 Å². The summed E-state index contributed by atoms with van der Waals surface area (Å²) in [5.41, 5.74) is 0.929. The summed E-state index contributed by atoms with van der Waals surface area (Å²) in [6, 6.07) is 0. The Labute approximate surface area is 50.3 Å². The Hall–Kier alpha value is 0. The normalized spacial score (nSPS) is 59.2. The third kappa shape index (κ3) is 0.260. The van der Waals surface area contributed by atoms with Gasteiger partial charge in [-0.05, 0) is 42.9 Å². The molecule has 2 atom stereocenters. The largest absolute Gasteiger partial charge is 0.0525 e. The fourth-order valence-corrected chi connectivity index (χ4v) is 2.64. The van der Waals surface area contributed by atoms with E-state index in [0.29, 0.717) is 0 Å². The molecule has 0 aromatic heterocycles. The van der Waals surface area contributed by atoms with Crippen LogP contribution in [0.25, 0.3) is 0 Å². The van der Waals surface area contributed by atoms with Crippen LogP contribution in [0.1, 0.15) is 32.1 Å².